The Labute approximate surface area is 252 Å². The van der Waals surface area contributed by atoms with E-state index >= 15 is 0 Å². The number of aryl methyl sites for hydroxylation is 1. The fraction of sp³-hybridized carbons (Fsp3) is 0.242. The van der Waals surface area contributed by atoms with Crippen molar-refractivity contribution in [1.29, 1.82) is 0 Å². The summed E-state index contributed by atoms with van der Waals surface area (Å²) in [5.41, 5.74) is 8.52. The predicted octanol–water partition coefficient (Wildman–Crippen LogP) is 5.92. The number of hydrazone groups is 1. The highest BCUT2D eigenvalue weighted by Crippen LogP contribution is 2.30. The number of nitrogens with zero attached hydrogens (tertiary/aromatic N) is 1. The number of sulfonamides is 1. The van der Waals surface area contributed by atoms with E-state index in [1.807, 2.05) is 62.4 Å². The van der Waals surface area contributed by atoms with Gasteiger partial charge in [-0.25, -0.2) is 17.5 Å². The lowest BCUT2D eigenvalue weighted by atomic mass is 9.94. The Bertz CT molecular complexity index is 1730. The molecule has 0 saturated carbocycles. The quantitative estimate of drug-likeness (QED) is 0.186. The standard InChI is InChI=1S/C33H35FN4O4S/c1-4-41-29-17-11-23(20-30(29)42-5-2)18-19-35-43(39,40)31-21-24(12-10-22(31)3)32-27-8-6-7-9-28(27)33(38-37-32)36-26-15-13-25(34)14-16-26/h6-17,20-21,33,35-36,38H,4-5,18-19H2,1-3H3/t33-/m0/s1. The lowest BCUT2D eigenvalue weighted by molar-refractivity contribution is 0.287. The van der Waals surface area contributed by atoms with Crippen LogP contribution in [0.1, 0.15) is 47.8 Å². The monoisotopic (exact) mass is 602 g/mol. The summed E-state index contributed by atoms with van der Waals surface area (Å²) >= 11 is 0. The number of fused-ring (bicyclic) bond motifs is 1. The lowest BCUT2D eigenvalue weighted by Crippen LogP contribution is -2.32. The minimum Gasteiger partial charge on any atom is -0.490 e. The van der Waals surface area contributed by atoms with Crippen LogP contribution in [0.25, 0.3) is 0 Å². The second kappa shape index (κ2) is 13.3. The van der Waals surface area contributed by atoms with Crippen molar-refractivity contribution in [1.82, 2.24) is 10.1 Å². The SMILES string of the molecule is CCOc1ccc(CCNS(=O)(=O)c2cc(C3=NN[C@H](Nc4ccc(F)cc4)c4ccccc43)ccc2C)cc1OCC. The molecule has 1 aliphatic heterocycles. The number of anilines is 1. The third-order valence-corrected chi connectivity index (χ3v) is 8.66. The van der Waals surface area contributed by atoms with Crippen LogP contribution in [-0.2, 0) is 16.4 Å². The van der Waals surface area contributed by atoms with Gasteiger partial charge in [-0.1, -0.05) is 42.5 Å². The molecular formula is C33H35FN4O4S. The van der Waals surface area contributed by atoms with Crippen molar-refractivity contribution in [2.45, 2.75) is 38.3 Å². The van der Waals surface area contributed by atoms with Crippen LogP contribution < -0.4 is 24.9 Å². The van der Waals surface area contributed by atoms with E-state index in [1.165, 1.54) is 12.1 Å². The van der Waals surface area contributed by atoms with E-state index in [0.29, 0.717) is 48.0 Å². The van der Waals surface area contributed by atoms with Crippen LogP contribution in [-0.4, -0.2) is 33.9 Å². The largest absolute Gasteiger partial charge is 0.490 e. The van der Waals surface area contributed by atoms with Crippen LogP contribution in [0.3, 0.4) is 0 Å². The maximum Gasteiger partial charge on any atom is 0.240 e. The number of hydrogen-bond acceptors (Lipinski definition) is 7. The minimum absolute atomic E-state index is 0.193. The molecule has 0 radical (unpaired) electrons. The van der Waals surface area contributed by atoms with Gasteiger partial charge in [0.05, 0.1) is 23.8 Å². The summed E-state index contributed by atoms with van der Waals surface area (Å²) in [6.45, 7) is 6.84. The van der Waals surface area contributed by atoms with E-state index < -0.39 is 10.0 Å². The van der Waals surface area contributed by atoms with Gasteiger partial charge in [0.2, 0.25) is 10.0 Å². The Balaban J connectivity index is 1.34. The van der Waals surface area contributed by atoms with Crippen LogP contribution in [0, 0.1) is 12.7 Å². The van der Waals surface area contributed by atoms with E-state index in [9.17, 15) is 12.8 Å². The molecule has 1 aliphatic rings. The summed E-state index contributed by atoms with van der Waals surface area (Å²) in [6, 6.07) is 24.9. The normalized spacial score (nSPS) is 14.3. The molecule has 0 unspecified atom stereocenters. The first-order valence-electron chi connectivity index (χ1n) is 14.2. The van der Waals surface area contributed by atoms with E-state index in [1.54, 1.807) is 31.2 Å². The van der Waals surface area contributed by atoms with Gasteiger partial charge in [0.1, 0.15) is 12.0 Å². The molecule has 0 fully saturated rings. The fourth-order valence-electron chi connectivity index (χ4n) is 4.96. The Kier molecular flexibility index (Phi) is 9.27. The van der Waals surface area contributed by atoms with Crippen molar-refractivity contribution in [2.75, 3.05) is 25.1 Å². The summed E-state index contributed by atoms with van der Waals surface area (Å²) in [5.74, 6) is 1.00. The molecule has 0 saturated heterocycles. The average molecular weight is 603 g/mol. The molecule has 0 aliphatic carbocycles. The van der Waals surface area contributed by atoms with Crippen molar-refractivity contribution in [3.63, 3.8) is 0 Å². The summed E-state index contributed by atoms with van der Waals surface area (Å²) in [5, 5.41) is 7.96. The van der Waals surface area contributed by atoms with Gasteiger partial charge < -0.3 is 14.8 Å². The number of benzene rings is 4. The Morgan fingerprint density at radius 2 is 1.65 bits per heavy atom. The first-order valence-corrected chi connectivity index (χ1v) is 15.7. The molecule has 4 aromatic carbocycles. The maximum absolute atomic E-state index is 13.5. The molecule has 0 bridgehead atoms. The zero-order valence-electron chi connectivity index (χ0n) is 24.4. The van der Waals surface area contributed by atoms with E-state index in [0.717, 1.165) is 22.4 Å². The summed E-state index contributed by atoms with van der Waals surface area (Å²) in [4.78, 5) is 0.193. The third-order valence-electron chi connectivity index (χ3n) is 7.05. The molecule has 5 rings (SSSR count). The van der Waals surface area contributed by atoms with Gasteiger partial charge in [-0.3, -0.25) is 5.43 Å². The molecule has 224 valence electrons. The average Bonchev–Trinajstić information content (AvgIpc) is 3.00. The van der Waals surface area contributed by atoms with Crippen LogP contribution in [0.5, 0.6) is 11.5 Å². The number of nitrogens with one attached hydrogen (secondary N) is 3. The maximum atomic E-state index is 13.5. The topological polar surface area (TPSA) is 101 Å². The van der Waals surface area contributed by atoms with Crippen molar-refractivity contribution in [3.05, 3.63) is 119 Å². The molecule has 0 amide bonds. The van der Waals surface area contributed by atoms with Gasteiger partial charge in [0, 0.05) is 28.9 Å². The predicted molar refractivity (Wildman–Crippen MR) is 167 cm³/mol. The van der Waals surface area contributed by atoms with Gasteiger partial charge in [-0.05, 0) is 80.8 Å². The molecule has 10 heteroatoms. The zero-order chi connectivity index (χ0) is 30.4. The highest BCUT2D eigenvalue weighted by Gasteiger charge is 2.25. The summed E-state index contributed by atoms with van der Waals surface area (Å²) in [6.07, 6.45) is 0.128. The van der Waals surface area contributed by atoms with Crippen molar-refractivity contribution < 1.29 is 22.3 Å². The molecule has 43 heavy (non-hydrogen) atoms. The van der Waals surface area contributed by atoms with E-state index in [2.05, 4.69) is 20.6 Å². The van der Waals surface area contributed by atoms with Crippen molar-refractivity contribution in [3.8, 4) is 11.5 Å². The molecule has 1 heterocycles. The molecule has 0 spiro atoms. The summed E-state index contributed by atoms with van der Waals surface area (Å²) in [7, 11) is -3.82. The van der Waals surface area contributed by atoms with Crippen molar-refractivity contribution in [2.24, 2.45) is 5.10 Å². The Morgan fingerprint density at radius 1 is 0.907 bits per heavy atom. The van der Waals surface area contributed by atoms with Gasteiger partial charge in [-0.2, -0.15) is 5.10 Å². The zero-order valence-corrected chi connectivity index (χ0v) is 25.2. The minimum atomic E-state index is -3.82. The smallest absolute Gasteiger partial charge is 0.240 e. The van der Waals surface area contributed by atoms with Gasteiger partial charge in [0.25, 0.3) is 0 Å². The number of hydrogen-bond donors (Lipinski definition) is 3. The molecule has 0 aromatic heterocycles. The lowest BCUT2D eigenvalue weighted by Gasteiger charge is -2.28. The van der Waals surface area contributed by atoms with Crippen LogP contribution in [0.2, 0.25) is 0 Å². The third kappa shape index (κ3) is 6.98. The van der Waals surface area contributed by atoms with Crippen LogP contribution in [0.15, 0.2) is 94.9 Å². The second-order valence-electron chi connectivity index (χ2n) is 10.0. The second-order valence-corrected chi connectivity index (χ2v) is 11.8. The van der Waals surface area contributed by atoms with E-state index in [4.69, 9.17) is 9.47 Å². The van der Waals surface area contributed by atoms with Gasteiger partial charge >= 0.3 is 0 Å². The Hall–Kier alpha value is -4.41. The van der Waals surface area contributed by atoms with Gasteiger partial charge in [-0.15, -0.1) is 0 Å². The number of ether oxygens (including phenoxy) is 2. The first kappa shape index (κ1) is 30.1. The first-order chi connectivity index (χ1) is 20.8. The molecular weight excluding hydrogens is 567 g/mol. The van der Waals surface area contributed by atoms with Crippen LogP contribution >= 0.6 is 0 Å². The number of halogens is 1. The molecule has 1 atom stereocenters. The van der Waals surface area contributed by atoms with Crippen molar-refractivity contribution >= 4 is 21.4 Å². The summed E-state index contributed by atoms with van der Waals surface area (Å²) < 4.78 is 54.4. The van der Waals surface area contributed by atoms with E-state index in [-0.39, 0.29) is 23.4 Å². The number of rotatable bonds is 12. The van der Waals surface area contributed by atoms with Gasteiger partial charge in [0.15, 0.2) is 11.5 Å². The highest BCUT2D eigenvalue weighted by atomic mass is 32.2. The molecule has 8 nitrogen and oxygen atoms in total. The molecule has 4 aromatic rings. The molecule has 3 N–H and O–H groups in total. The highest BCUT2D eigenvalue weighted by molar-refractivity contribution is 7.89. The fourth-order valence-corrected chi connectivity index (χ4v) is 6.26. The Morgan fingerprint density at radius 3 is 2.42 bits per heavy atom. The van der Waals surface area contributed by atoms with Crippen LogP contribution in [0.4, 0.5) is 10.1 Å².